The van der Waals surface area contributed by atoms with Crippen LogP contribution in [0.3, 0.4) is 0 Å². The molecule has 0 aliphatic heterocycles. The molecular weight excluding hydrogens is 207 g/mol. The summed E-state index contributed by atoms with van der Waals surface area (Å²) >= 11 is 1.83. The minimum Gasteiger partial charge on any atom is -0.212 e. The minimum atomic E-state index is -0.0626. The zero-order chi connectivity index (χ0) is 11.1. The Morgan fingerprint density at radius 1 is 1.53 bits per heavy atom. The monoisotopic (exact) mass is 224 g/mol. The zero-order valence-corrected chi connectivity index (χ0v) is 9.95. The van der Waals surface area contributed by atoms with Gasteiger partial charge >= 0.3 is 0 Å². The number of thiophene rings is 1. The van der Waals surface area contributed by atoms with Gasteiger partial charge in [-0.3, -0.25) is 0 Å². The van der Waals surface area contributed by atoms with Gasteiger partial charge in [0.1, 0.15) is 0 Å². The van der Waals surface area contributed by atoms with Crippen molar-refractivity contribution in [3.63, 3.8) is 0 Å². The molecule has 1 aromatic rings. The molecule has 0 nitrogen and oxygen atoms in total. The third-order valence-corrected chi connectivity index (χ3v) is 3.19. The number of allylic oxidation sites excluding steroid dienone is 3. The summed E-state index contributed by atoms with van der Waals surface area (Å²) in [7, 11) is 0. The van der Waals surface area contributed by atoms with Crippen LogP contribution in [-0.2, 0) is 6.42 Å². The molecule has 0 unspecified atom stereocenters. The maximum absolute atomic E-state index is 12.9. The van der Waals surface area contributed by atoms with Crippen molar-refractivity contribution in [2.45, 2.75) is 32.6 Å². The summed E-state index contributed by atoms with van der Waals surface area (Å²) in [5.74, 6) is -0.0626. The van der Waals surface area contributed by atoms with Crippen molar-refractivity contribution in [1.82, 2.24) is 0 Å². The van der Waals surface area contributed by atoms with Crippen LogP contribution in [0.2, 0.25) is 0 Å². The Morgan fingerprint density at radius 3 is 2.93 bits per heavy atom. The molecule has 0 aliphatic rings. The van der Waals surface area contributed by atoms with E-state index in [9.17, 15) is 4.39 Å². The third kappa shape index (κ3) is 4.93. The van der Waals surface area contributed by atoms with Crippen molar-refractivity contribution in [2.75, 3.05) is 0 Å². The van der Waals surface area contributed by atoms with Crippen LogP contribution in [0, 0.1) is 6.92 Å². The molecule has 0 aromatic carbocycles. The highest BCUT2D eigenvalue weighted by molar-refractivity contribution is 7.11. The second-order valence-electron chi connectivity index (χ2n) is 3.55. The van der Waals surface area contributed by atoms with E-state index in [-0.39, 0.29) is 5.83 Å². The van der Waals surface area contributed by atoms with Crippen LogP contribution in [-0.4, -0.2) is 0 Å². The van der Waals surface area contributed by atoms with E-state index in [1.807, 2.05) is 11.3 Å². The summed E-state index contributed by atoms with van der Waals surface area (Å²) in [5, 5.41) is 0. The molecule has 0 atom stereocenters. The fourth-order valence-electron chi connectivity index (χ4n) is 1.38. The maximum Gasteiger partial charge on any atom is 0.0997 e. The lowest BCUT2D eigenvalue weighted by Gasteiger charge is -1.95. The van der Waals surface area contributed by atoms with E-state index < -0.39 is 0 Å². The molecule has 0 fully saturated rings. The van der Waals surface area contributed by atoms with Gasteiger partial charge < -0.3 is 0 Å². The largest absolute Gasteiger partial charge is 0.212 e. The van der Waals surface area contributed by atoms with Crippen molar-refractivity contribution < 1.29 is 4.39 Å². The van der Waals surface area contributed by atoms with E-state index >= 15 is 0 Å². The molecule has 15 heavy (non-hydrogen) atoms. The minimum absolute atomic E-state index is 0.0626. The number of hydrogen-bond donors (Lipinski definition) is 0. The van der Waals surface area contributed by atoms with Gasteiger partial charge in [0.2, 0.25) is 0 Å². The van der Waals surface area contributed by atoms with E-state index in [0.29, 0.717) is 6.42 Å². The molecule has 1 aromatic heterocycles. The SMILES string of the molecule is C=CC/C(F)=C\CCCc1ccc(C)s1. The molecular formula is C13H17FS. The Balaban J connectivity index is 2.22. The van der Waals surface area contributed by atoms with Crippen molar-refractivity contribution in [1.29, 1.82) is 0 Å². The van der Waals surface area contributed by atoms with E-state index in [1.165, 1.54) is 9.75 Å². The number of aryl methyl sites for hydroxylation is 2. The summed E-state index contributed by atoms with van der Waals surface area (Å²) in [5.41, 5.74) is 0. The summed E-state index contributed by atoms with van der Waals surface area (Å²) in [4.78, 5) is 2.74. The molecule has 0 radical (unpaired) electrons. The topological polar surface area (TPSA) is 0 Å². The lowest BCUT2D eigenvalue weighted by molar-refractivity contribution is 0.608. The van der Waals surface area contributed by atoms with Gasteiger partial charge in [0.25, 0.3) is 0 Å². The molecule has 0 amide bonds. The standard InChI is InChI=1S/C13H17FS/c1-3-6-12(14)7-4-5-8-13-10-9-11(2)15-13/h3,7,9-10H,1,4-6,8H2,2H3/b12-7+. The lowest BCUT2D eigenvalue weighted by Crippen LogP contribution is -1.79. The molecule has 0 bridgehead atoms. The number of halogens is 1. The first-order valence-corrected chi connectivity index (χ1v) is 6.04. The fraction of sp³-hybridized carbons (Fsp3) is 0.385. The molecule has 0 N–H and O–H groups in total. The highest BCUT2D eigenvalue weighted by Gasteiger charge is 1.96. The van der Waals surface area contributed by atoms with Gasteiger partial charge in [-0.05, 0) is 38.3 Å². The zero-order valence-electron chi connectivity index (χ0n) is 9.13. The van der Waals surface area contributed by atoms with Gasteiger partial charge in [0.15, 0.2) is 0 Å². The van der Waals surface area contributed by atoms with Crippen LogP contribution in [0.5, 0.6) is 0 Å². The van der Waals surface area contributed by atoms with Gasteiger partial charge in [-0.1, -0.05) is 12.2 Å². The third-order valence-electron chi connectivity index (χ3n) is 2.13. The van der Waals surface area contributed by atoms with Gasteiger partial charge in [-0.2, -0.15) is 0 Å². The van der Waals surface area contributed by atoms with Crippen molar-refractivity contribution >= 4 is 11.3 Å². The summed E-state index contributed by atoms with van der Waals surface area (Å²) in [6.07, 6.45) is 6.51. The second kappa shape index (κ2) is 6.57. The Hall–Kier alpha value is -0.890. The van der Waals surface area contributed by atoms with Crippen molar-refractivity contribution in [3.05, 3.63) is 46.4 Å². The second-order valence-corrected chi connectivity index (χ2v) is 4.92. The molecule has 1 rings (SSSR count). The van der Waals surface area contributed by atoms with Crippen LogP contribution in [0.1, 0.15) is 29.0 Å². The molecule has 0 saturated heterocycles. The van der Waals surface area contributed by atoms with Crippen LogP contribution < -0.4 is 0 Å². The Kier molecular flexibility index (Phi) is 5.33. The van der Waals surface area contributed by atoms with Gasteiger partial charge in [0.05, 0.1) is 5.83 Å². The van der Waals surface area contributed by atoms with E-state index in [1.54, 1.807) is 12.2 Å². The number of rotatable bonds is 6. The average molecular weight is 224 g/mol. The van der Waals surface area contributed by atoms with Crippen molar-refractivity contribution in [3.8, 4) is 0 Å². The van der Waals surface area contributed by atoms with E-state index in [0.717, 1.165) is 19.3 Å². The van der Waals surface area contributed by atoms with Gasteiger partial charge in [-0.25, -0.2) is 4.39 Å². The Labute approximate surface area is 95.1 Å². The van der Waals surface area contributed by atoms with E-state index in [4.69, 9.17) is 0 Å². The molecule has 82 valence electrons. The number of unbranched alkanes of at least 4 members (excludes halogenated alkanes) is 1. The average Bonchev–Trinajstić information content (AvgIpc) is 2.60. The van der Waals surface area contributed by atoms with Crippen molar-refractivity contribution in [2.24, 2.45) is 0 Å². The normalized spacial score (nSPS) is 11.7. The molecule has 1 heterocycles. The summed E-state index contributed by atoms with van der Waals surface area (Å²) in [6, 6.07) is 4.29. The number of hydrogen-bond acceptors (Lipinski definition) is 1. The van der Waals surface area contributed by atoms with Crippen LogP contribution in [0.4, 0.5) is 4.39 Å². The molecule has 0 aliphatic carbocycles. The van der Waals surface area contributed by atoms with Gasteiger partial charge in [0, 0.05) is 16.2 Å². The Morgan fingerprint density at radius 2 is 2.33 bits per heavy atom. The fourth-order valence-corrected chi connectivity index (χ4v) is 2.31. The predicted octanol–water partition coefficient (Wildman–Crippen LogP) is 4.81. The predicted molar refractivity (Wildman–Crippen MR) is 66.0 cm³/mol. The quantitative estimate of drug-likeness (QED) is 0.480. The first-order valence-electron chi connectivity index (χ1n) is 5.23. The molecule has 2 heteroatoms. The molecule has 0 saturated carbocycles. The van der Waals surface area contributed by atoms with E-state index in [2.05, 4.69) is 25.6 Å². The first-order chi connectivity index (χ1) is 7.22. The summed E-state index contributed by atoms with van der Waals surface area (Å²) in [6.45, 7) is 5.61. The highest BCUT2D eigenvalue weighted by Crippen LogP contribution is 2.17. The van der Waals surface area contributed by atoms with Crippen LogP contribution in [0.25, 0.3) is 0 Å². The lowest BCUT2D eigenvalue weighted by atomic mass is 10.2. The maximum atomic E-state index is 12.9. The summed E-state index contributed by atoms with van der Waals surface area (Å²) < 4.78 is 12.9. The first kappa shape index (κ1) is 12.2. The highest BCUT2D eigenvalue weighted by atomic mass is 32.1. The Bertz CT molecular complexity index is 336. The molecule has 0 spiro atoms. The van der Waals surface area contributed by atoms with Crippen LogP contribution in [0.15, 0.2) is 36.7 Å². The van der Waals surface area contributed by atoms with Crippen LogP contribution >= 0.6 is 11.3 Å². The van der Waals surface area contributed by atoms with Gasteiger partial charge in [-0.15, -0.1) is 17.9 Å². The smallest absolute Gasteiger partial charge is 0.0997 e.